The van der Waals surface area contributed by atoms with E-state index in [2.05, 4.69) is 20.7 Å². The van der Waals surface area contributed by atoms with Gasteiger partial charge in [-0.2, -0.15) is 5.10 Å². The van der Waals surface area contributed by atoms with Gasteiger partial charge in [0.15, 0.2) is 0 Å². The maximum Gasteiger partial charge on any atom is 0.257 e. The zero-order chi connectivity index (χ0) is 12.3. The maximum absolute atomic E-state index is 11.8. The SMILES string of the molecule is CNc1ccc(C(=O)Nc2cnn(C)c2)cn1. The van der Waals surface area contributed by atoms with Gasteiger partial charge < -0.3 is 10.6 Å². The molecule has 0 aliphatic carbocycles. The second-order valence-electron chi connectivity index (χ2n) is 3.54. The zero-order valence-electron chi connectivity index (χ0n) is 9.64. The summed E-state index contributed by atoms with van der Waals surface area (Å²) >= 11 is 0. The van der Waals surface area contributed by atoms with Gasteiger partial charge in [-0.3, -0.25) is 9.48 Å². The van der Waals surface area contributed by atoms with Crippen LogP contribution in [0.4, 0.5) is 11.5 Å². The summed E-state index contributed by atoms with van der Waals surface area (Å²) in [5, 5.41) is 9.59. The molecule has 0 aliphatic heterocycles. The maximum atomic E-state index is 11.8. The van der Waals surface area contributed by atoms with Gasteiger partial charge in [0.2, 0.25) is 0 Å². The molecule has 0 saturated heterocycles. The molecule has 0 radical (unpaired) electrons. The number of amides is 1. The smallest absolute Gasteiger partial charge is 0.257 e. The highest BCUT2D eigenvalue weighted by Crippen LogP contribution is 2.08. The van der Waals surface area contributed by atoms with E-state index < -0.39 is 0 Å². The number of aryl methyl sites for hydroxylation is 1. The van der Waals surface area contributed by atoms with Gasteiger partial charge in [0, 0.05) is 26.5 Å². The van der Waals surface area contributed by atoms with Crippen LogP contribution in [-0.4, -0.2) is 27.7 Å². The standard InChI is InChI=1S/C11H13N5O/c1-12-10-4-3-8(5-13-10)11(17)15-9-6-14-16(2)7-9/h3-7H,1-2H3,(H,12,13)(H,15,17). The van der Waals surface area contributed by atoms with E-state index in [1.807, 2.05) is 0 Å². The average molecular weight is 231 g/mol. The van der Waals surface area contributed by atoms with Crippen LogP contribution in [0.15, 0.2) is 30.7 Å². The number of nitrogens with zero attached hydrogens (tertiary/aromatic N) is 3. The highest BCUT2D eigenvalue weighted by molar-refractivity contribution is 6.03. The third-order valence-corrected chi connectivity index (χ3v) is 2.24. The van der Waals surface area contributed by atoms with E-state index in [0.29, 0.717) is 11.3 Å². The fourth-order valence-electron chi connectivity index (χ4n) is 1.37. The normalized spacial score (nSPS) is 10.0. The van der Waals surface area contributed by atoms with Gasteiger partial charge in [-0.1, -0.05) is 0 Å². The van der Waals surface area contributed by atoms with Crippen molar-refractivity contribution < 1.29 is 4.79 Å². The zero-order valence-corrected chi connectivity index (χ0v) is 9.64. The molecule has 2 rings (SSSR count). The first-order valence-electron chi connectivity index (χ1n) is 5.13. The number of hydrogen-bond acceptors (Lipinski definition) is 4. The van der Waals surface area contributed by atoms with E-state index in [9.17, 15) is 4.79 Å². The van der Waals surface area contributed by atoms with Crippen LogP contribution >= 0.6 is 0 Å². The largest absolute Gasteiger partial charge is 0.373 e. The Morgan fingerprint density at radius 3 is 2.71 bits per heavy atom. The molecule has 0 spiro atoms. The number of carbonyl (C=O) groups excluding carboxylic acids is 1. The van der Waals surface area contributed by atoms with Crippen molar-refractivity contribution in [2.75, 3.05) is 17.7 Å². The number of pyridine rings is 1. The molecule has 6 nitrogen and oxygen atoms in total. The molecular weight excluding hydrogens is 218 g/mol. The van der Waals surface area contributed by atoms with Crippen molar-refractivity contribution in [3.8, 4) is 0 Å². The third-order valence-electron chi connectivity index (χ3n) is 2.24. The first kappa shape index (κ1) is 11.1. The van der Waals surface area contributed by atoms with Crippen molar-refractivity contribution in [3.05, 3.63) is 36.3 Å². The molecule has 0 aromatic carbocycles. The van der Waals surface area contributed by atoms with Gasteiger partial charge in [-0.15, -0.1) is 0 Å². The molecule has 17 heavy (non-hydrogen) atoms. The molecule has 0 fully saturated rings. The van der Waals surface area contributed by atoms with E-state index in [-0.39, 0.29) is 5.91 Å². The number of hydrogen-bond donors (Lipinski definition) is 2. The summed E-state index contributed by atoms with van der Waals surface area (Å²) in [4.78, 5) is 15.9. The van der Waals surface area contributed by atoms with Crippen molar-refractivity contribution in [1.82, 2.24) is 14.8 Å². The van der Waals surface area contributed by atoms with Crippen molar-refractivity contribution in [3.63, 3.8) is 0 Å². The van der Waals surface area contributed by atoms with Gasteiger partial charge in [0.1, 0.15) is 5.82 Å². The minimum Gasteiger partial charge on any atom is -0.373 e. The summed E-state index contributed by atoms with van der Waals surface area (Å²) < 4.78 is 1.62. The lowest BCUT2D eigenvalue weighted by molar-refractivity contribution is 0.102. The predicted molar refractivity (Wildman–Crippen MR) is 64.9 cm³/mol. The van der Waals surface area contributed by atoms with E-state index in [1.54, 1.807) is 43.3 Å². The van der Waals surface area contributed by atoms with Gasteiger partial charge >= 0.3 is 0 Å². The van der Waals surface area contributed by atoms with Gasteiger partial charge in [-0.05, 0) is 12.1 Å². The lowest BCUT2D eigenvalue weighted by Crippen LogP contribution is -2.11. The van der Waals surface area contributed by atoms with Gasteiger partial charge in [-0.25, -0.2) is 4.98 Å². The monoisotopic (exact) mass is 231 g/mol. The lowest BCUT2D eigenvalue weighted by Gasteiger charge is -2.03. The fourth-order valence-corrected chi connectivity index (χ4v) is 1.37. The molecule has 2 N–H and O–H groups in total. The summed E-state index contributed by atoms with van der Waals surface area (Å²) in [5.41, 5.74) is 1.17. The Kier molecular flexibility index (Phi) is 3.04. The van der Waals surface area contributed by atoms with Crippen LogP contribution in [-0.2, 0) is 7.05 Å². The van der Waals surface area contributed by atoms with Crippen LogP contribution < -0.4 is 10.6 Å². The molecule has 88 valence electrons. The molecule has 0 saturated carbocycles. The molecule has 2 aromatic heterocycles. The summed E-state index contributed by atoms with van der Waals surface area (Å²) in [6, 6.07) is 3.46. The first-order chi connectivity index (χ1) is 8.19. The summed E-state index contributed by atoms with van der Waals surface area (Å²) in [6.07, 6.45) is 4.85. The van der Waals surface area contributed by atoms with Gasteiger partial charge in [0.05, 0.1) is 17.4 Å². The lowest BCUT2D eigenvalue weighted by atomic mass is 10.2. The minimum atomic E-state index is -0.201. The average Bonchev–Trinajstić information content (AvgIpc) is 2.75. The van der Waals surface area contributed by atoms with Crippen LogP contribution in [0.2, 0.25) is 0 Å². The molecule has 0 unspecified atom stereocenters. The number of aromatic nitrogens is 3. The summed E-state index contributed by atoms with van der Waals surface area (Å²) in [7, 11) is 3.57. The number of anilines is 2. The first-order valence-corrected chi connectivity index (χ1v) is 5.13. The Labute approximate surface area is 98.7 Å². The van der Waals surface area contributed by atoms with E-state index >= 15 is 0 Å². The Morgan fingerprint density at radius 2 is 2.18 bits per heavy atom. The van der Waals surface area contributed by atoms with Crippen molar-refractivity contribution in [1.29, 1.82) is 0 Å². The van der Waals surface area contributed by atoms with E-state index in [0.717, 1.165) is 5.82 Å². The molecule has 2 heterocycles. The Hall–Kier alpha value is -2.37. The predicted octanol–water partition coefficient (Wildman–Crippen LogP) is 1.11. The molecule has 2 aromatic rings. The second-order valence-corrected chi connectivity index (χ2v) is 3.54. The number of rotatable bonds is 3. The summed E-state index contributed by atoms with van der Waals surface area (Å²) in [6.45, 7) is 0. The van der Waals surface area contributed by atoms with Crippen LogP contribution in [0.1, 0.15) is 10.4 Å². The molecule has 1 amide bonds. The number of nitrogens with one attached hydrogen (secondary N) is 2. The van der Waals surface area contributed by atoms with Crippen LogP contribution in [0.3, 0.4) is 0 Å². The highest BCUT2D eigenvalue weighted by atomic mass is 16.1. The molecule has 6 heteroatoms. The van der Waals surface area contributed by atoms with E-state index in [4.69, 9.17) is 0 Å². The van der Waals surface area contributed by atoms with Crippen LogP contribution in [0.5, 0.6) is 0 Å². The van der Waals surface area contributed by atoms with Crippen LogP contribution in [0, 0.1) is 0 Å². The molecule has 0 bridgehead atoms. The van der Waals surface area contributed by atoms with Crippen molar-refractivity contribution in [2.45, 2.75) is 0 Å². The Bertz CT molecular complexity index is 517. The van der Waals surface area contributed by atoms with Crippen molar-refractivity contribution >= 4 is 17.4 Å². The highest BCUT2D eigenvalue weighted by Gasteiger charge is 2.07. The molecular formula is C11H13N5O. The molecule has 0 aliphatic rings. The third kappa shape index (κ3) is 2.60. The number of carbonyl (C=O) groups is 1. The molecule has 0 atom stereocenters. The quantitative estimate of drug-likeness (QED) is 0.830. The topological polar surface area (TPSA) is 71.8 Å². The van der Waals surface area contributed by atoms with Crippen molar-refractivity contribution in [2.24, 2.45) is 7.05 Å². The fraction of sp³-hybridized carbons (Fsp3) is 0.182. The summed E-state index contributed by atoms with van der Waals surface area (Å²) in [5.74, 6) is 0.524. The van der Waals surface area contributed by atoms with Crippen LogP contribution in [0.25, 0.3) is 0 Å². The second kappa shape index (κ2) is 4.65. The Morgan fingerprint density at radius 1 is 1.35 bits per heavy atom. The van der Waals surface area contributed by atoms with E-state index in [1.165, 1.54) is 6.20 Å². The minimum absolute atomic E-state index is 0.201. The van der Waals surface area contributed by atoms with Gasteiger partial charge in [0.25, 0.3) is 5.91 Å². The Balaban J connectivity index is 2.09.